The standard InChI is InChI=1S/C7H11NO3/c9-5-1-4-3-8(7(10)11)6(4)2-5/h4-6,9H,1-3H2,(H,10,11)/p-1. The summed E-state index contributed by atoms with van der Waals surface area (Å²) in [6, 6.07) is 0.0509. The lowest BCUT2D eigenvalue weighted by atomic mass is 9.93. The first kappa shape index (κ1) is 6.91. The van der Waals surface area contributed by atoms with E-state index in [0.717, 1.165) is 6.42 Å². The van der Waals surface area contributed by atoms with Crippen LogP contribution in [-0.4, -0.2) is 34.8 Å². The Bertz CT molecular complexity index is 194. The summed E-state index contributed by atoms with van der Waals surface area (Å²) < 4.78 is 0. The average molecular weight is 156 g/mol. The first-order chi connectivity index (χ1) is 5.18. The van der Waals surface area contributed by atoms with Crippen molar-refractivity contribution in [3.63, 3.8) is 0 Å². The predicted octanol–water partition coefficient (Wildman–Crippen LogP) is -1.22. The molecule has 1 N–H and O–H groups in total. The SMILES string of the molecule is O=C([O-])N1CC2CC(O)CC21. The van der Waals surface area contributed by atoms with Gasteiger partial charge in [-0.2, -0.15) is 0 Å². The number of carbonyl (C=O) groups is 1. The van der Waals surface area contributed by atoms with E-state index in [1.165, 1.54) is 4.90 Å². The van der Waals surface area contributed by atoms with E-state index in [4.69, 9.17) is 5.11 Å². The average Bonchev–Trinajstić information content (AvgIpc) is 2.13. The predicted molar refractivity (Wildman–Crippen MR) is 34.6 cm³/mol. The first-order valence-electron chi connectivity index (χ1n) is 3.84. The quantitative estimate of drug-likeness (QED) is 0.478. The summed E-state index contributed by atoms with van der Waals surface area (Å²) in [6.45, 7) is 0.560. The van der Waals surface area contributed by atoms with Crippen molar-refractivity contribution < 1.29 is 15.0 Å². The molecule has 4 nitrogen and oxygen atoms in total. The molecule has 1 amide bonds. The number of likely N-dealkylation sites (tertiary alicyclic amines) is 1. The van der Waals surface area contributed by atoms with Gasteiger partial charge in [-0.15, -0.1) is 0 Å². The number of rotatable bonds is 0. The van der Waals surface area contributed by atoms with Crippen LogP contribution in [0.2, 0.25) is 0 Å². The summed E-state index contributed by atoms with van der Waals surface area (Å²) in [5, 5.41) is 19.5. The smallest absolute Gasteiger partial charge is 0.137 e. The molecule has 62 valence electrons. The van der Waals surface area contributed by atoms with E-state index in [-0.39, 0.29) is 12.1 Å². The zero-order valence-corrected chi connectivity index (χ0v) is 6.06. The van der Waals surface area contributed by atoms with Crippen LogP contribution in [0.25, 0.3) is 0 Å². The minimum Gasteiger partial charge on any atom is -0.530 e. The molecule has 0 aromatic carbocycles. The Balaban J connectivity index is 1.99. The highest BCUT2D eigenvalue weighted by Crippen LogP contribution is 2.38. The molecule has 0 aromatic heterocycles. The van der Waals surface area contributed by atoms with E-state index in [1.807, 2.05) is 0 Å². The van der Waals surface area contributed by atoms with Gasteiger partial charge in [0.1, 0.15) is 6.09 Å². The van der Waals surface area contributed by atoms with Gasteiger partial charge in [0, 0.05) is 12.6 Å². The van der Waals surface area contributed by atoms with Crippen LogP contribution in [0.5, 0.6) is 0 Å². The van der Waals surface area contributed by atoms with E-state index < -0.39 is 6.09 Å². The summed E-state index contributed by atoms with van der Waals surface area (Å²) in [5.41, 5.74) is 0. The topological polar surface area (TPSA) is 63.6 Å². The van der Waals surface area contributed by atoms with Crippen LogP contribution in [0, 0.1) is 5.92 Å². The molecule has 3 atom stereocenters. The number of nitrogens with zero attached hydrogens (tertiary/aromatic N) is 1. The number of aliphatic hydroxyl groups is 1. The summed E-state index contributed by atoms with van der Waals surface area (Å²) in [7, 11) is 0. The number of amides is 1. The van der Waals surface area contributed by atoms with Crippen molar-refractivity contribution in [2.24, 2.45) is 5.92 Å². The minimum absolute atomic E-state index is 0.0509. The van der Waals surface area contributed by atoms with Gasteiger partial charge in [0.05, 0.1) is 6.10 Å². The van der Waals surface area contributed by atoms with Crippen molar-refractivity contribution in [2.75, 3.05) is 6.54 Å². The van der Waals surface area contributed by atoms with Gasteiger partial charge in [0.2, 0.25) is 0 Å². The lowest BCUT2D eigenvalue weighted by Gasteiger charge is -2.46. The van der Waals surface area contributed by atoms with Crippen LogP contribution in [0.3, 0.4) is 0 Å². The summed E-state index contributed by atoms with van der Waals surface area (Å²) >= 11 is 0. The van der Waals surface area contributed by atoms with Gasteiger partial charge in [-0.05, 0) is 18.8 Å². The number of carbonyl (C=O) groups excluding carboxylic acids is 1. The van der Waals surface area contributed by atoms with Crippen LogP contribution in [-0.2, 0) is 0 Å². The van der Waals surface area contributed by atoms with Crippen LogP contribution < -0.4 is 5.11 Å². The van der Waals surface area contributed by atoms with E-state index in [0.29, 0.717) is 18.9 Å². The molecule has 1 heterocycles. The van der Waals surface area contributed by atoms with E-state index in [9.17, 15) is 9.90 Å². The third-order valence-electron chi connectivity index (χ3n) is 2.70. The summed E-state index contributed by atoms with van der Waals surface area (Å²) in [4.78, 5) is 11.7. The molecule has 0 radical (unpaired) electrons. The number of aliphatic hydroxyl groups excluding tert-OH is 1. The Kier molecular flexibility index (Phi) is 1.32. The minimum atomic E-state index is -1.10. The van der Waals surface area contributed by atoms with Crippen molar-refractivity contribution in [3.05, 3.63) is 0 Å². The Morgan fingerprint density at radius 2 is 2.27 bits per heavy atom. The van der Waals surface area contributed by atoms with Crippen molar-refractivity contribution >= 4 is 6.09 Å². The van der Waals surface area contributed by atoms with Gasteiger partial charge in [-0.25, -0.2) is 0 Å². The molecule has 2 rings (SSSR count). The molecule has 1 aliphatic carbocycles. The normalized spacial score (nSPS) is 41.5. The largest absolute Gasteiger partial charge is 0.530 e. The number of hydrogen-bond acceptors (Lipinski definition) is 3. The fourth-order valence-electron chi connectivity index (χ4n) is 2.11. The van der Waals surface area contributed by atoms with Crippen molar-refractivity contribution in [1.29, 1.82) is 0 Å². The number of carboxylic acid groups (broad SMARTS) is 1. The van der Waals surface area contributed by atoms with Gasteiger partial charge < -0.3 is 19.9 Å². The maximum atomic E-state index is 10.4. The van der Waals surface area contributed by atoms with Gasteiger partial charge in [0.15, 0.2) is 0 Å². The second-order valence-corrected chi connectivity index (χ2v) is 3.37. The zero-order chi connectivity index (χ0) is 8.01. The lowest BCUT2D eigenvalue weighted by molar-refractivity contribution is -0.275. The third kappa shape index (κ3) is 0.894. The first-order valence-corrected chi connectivity index (χ1v) is 3.84. The molecule has 0 spiro atoms. The van der Waals surface area contributed by atoms with Gasteiger partial charge in [-0.1, -0.05) is 0 Å². The maximum absolute atomic E-state index is 10.4. The fraction of sp³-hybridized carbons (Fsp3) is 0.857. The number of hydrogen-bond donors (Lipinski definition) is 1. The number of fused-ring (bicyclic) bond motifs is 1. The molecule has 4 heteroatoms. The Labute approximate surface area is 64.4 Å². The molecule has 2 aliphatic rings. The molecule has 2 fully saturated rings. The van der Waals surface area contributed by atoms with Gasteiger partial charge in [0.25, 0.3) is 0 Å². The molecule has 1 saturated heterocycles. The molecule has 3 unspecified atom stereocenters. The Morgan fingerprint density at radius 1 is 1.55 bits per heavy atom. The Morgan fingerprint density at radius 3 is 2.82 bits per heavy atom. The monoisotopic (exact) mass is 156 g/mol. The van der Waals surface area contributed by atoms with Crippen LogP contribution in [0.15, 0.2) is 0 Å². The molecule has 1 saturated carbocycles. The van der Waals surface area contributed by atoms with E-state index >= 15 is 0 Å². The van der Waals surface area contributed by atoms with E-state index in [2.05, 4.69) is 0 Å². The highest BCUT2D eigenvalue weighted by molar-refractivity contribution is 5.64. The summed E-state index contributed by atoms with van der Waals surface area (Å²) in [5.74, 6) is 0.392. The lowest BCUT2D eigenvalue weighted by Crippen LogP contribution is -2.59. The van der Waals surface area contributed by atoms with Crippen molar-refractivity contribution in [3.8, 4) is 0 Å². The summed E-state index contributed by atoms with van der Waals surface area (Å²) in [6.07, 6.45) is -0.0395. The zero-order valence-electron chi connectivity index (χ0n) is 6.06. The molecular weight excluding hydrogens is 146 g/mol. The third-order valence-corrected chi connectivity index (χ3v) is 2.70. The molecule has 0 aromatic rings. The van der Waals surface area contributed by atoms with E-state index in [1.54, 1.807) is 0 Å². The van der Waals surface area contributed by atoms with Gasteiger partial charge >= 0.3 is 0 Å². The van der Waals surface area contributed by atoms with Crippen LogP contribution in [0.1, 0.15) is 12.8 Å². The Hall–Kier alpha value is -0.770. The van der Waals surface area contributed by atoms with Crippen molar-refractivity contribution in [2.45, 2.75) is 25.0 Å². The van der Waals surface area contributed by atoms with Crippen LogP contribution in [0.4, 0.5) is 4.79 Å². The fourth-order valence-corrected chi connectivity index (χ4v) is 2.11. The van der Waals surface area contributed by atoms with Gasteiger partial charge in [-0.3, -0.25) is 0 Å². The molecule has 0 bridgehead atoms. The molecule has 1 aliphatic heterocycles. The second-order valence-electron chi connectivity index (χ2n) is 3.37. The highest BCUT2D eigenvalue weighted by Gasteiger charge is 2.45. The molecular formula is C7H10NO3-. The maximum Gasteiger partial charge on any atom is 0.137 e. The highest BCUT2D eigenvalue weighted by atomic mass is 16.4. The second kappa shape index (κ2) is 2.11. The van der Waals surface area contributed by atoms with Crippen molar-refractivity contribution in [1.82, 2.24) is 4.90 Å². The molecule has 11 heavy (non-hydrogen) atoms. The van der Waals surface area contributed by atoms with Crippen LogP contribution >= 0.6 is 0 Å².